The molecule has 0 radical (unpaired) electrons. The fourth-order valence-corrected chi connectivity index (χ4v) is 3.55. The van der Waals surface area contributed by atoms with E-state index in [-0.39, 0.29) is 11.3 Å². The Labute approximate surface area is 123 Å². The second-order valence-electron chi connectivity index (χ2n) is 6.83. The zero-order valence-electron chi connectivity index (χ0n) is 13.0. The van der Waals surface area contributed by atoms with Crippen LogP contribution >= 0.6 is 0 Å². The van der Waals surface area contributed by atoms with Crippen LogP contribution in [-0.2, 0) is 4.79 Å². The molecule has 0 spiro atoms. The highest BCUT2D eigenvalue weighted by Crippen LogP contribution is 2.35. The van der Waals surface area contributed by atoms with Crippen LogP contribution in [0.2, 0.25) is 0 Å². The Hall–Kier alpha value is -0.610. The average molecular weight is 281 g/mol. The molecule has 0 unspecified atom stereocenters. The number of nitrogens with one attached hydrogen (secondary N) is 1. The minimum Gasteiger partial charge on any atom is -0.354 e. The highest BCUT2D eigenvalue weighted by Gasteiger charge is 2.37. The lowest BCUT2D eigenvalue weighted by molar-refractivity contribution is -0.132. The Bertz CT molecular complexity index is 305. The Balaban J connectivity index is 1.71. The summed E-state index contributed by atoms with van der Waals surface area (Å²) < 4.78 is 0. The van der Waals surface area contributed by atoms with Gasteiger partial charge >= 0.3 is 0 Å². The first-order chi connectivity index (χ1) is 9.66. The Morgan fingerprint density at radius 2 is 1.90 bits per heavy atom. The van der Waals surface area contributed by atoms with Crippen molar-refractivity contribution in [1.82, 2.24) is 10.2 Å². The fourth-order valence-electron chi connectivity index (χ4n) is 3.55. The molecule has 1 aliphatic heterocycles. The number of rotatable bonds is 5. The lowest BCUT2D eigenvalue weighted by atomic mass is 9.73. The van der Waals surface area contributed by atoms with E-state index in [1.165, 1.54) is 32.4 Å². The van der Waals surface area contributed by atoms with Gasteiger partial charge in [0.1, 0.15) is 0 Å². The largest absolute Gasteiger partial charge is 0.354 e. The predicted molar refractivity (Wildman–Crippen MR) is 82.4 cm³/mol. The van der Waals surface area contributed by atoms with E-state index >= 15 is 0 Å². The smallest absolute Gasteiger partial charge is 0.227 e. The van der Waals surface area contributed by atoms with Crippen molar-refractivity contribution >= 4 is 5.91 Å². The summed E-state index contributed by atoms with van der Waals surface area (Å²) in [5.74, 6) is 1.06. The normalized spacial score (nSPS) is 24.5. The molecule has 0 atom stereocenters. The van der Waals surface area contributed by atoms with E-state index in [0.717, 1.165) is 44.7 Å². The number of amides is 1. The topological polar surface area (TPSA) is 58.4 Å². The number of piperidine rings is 1. The summed E-state index contributed by atoms with van der Waals surface area (Å²) in [6.07, 6.45) is 8.07. The van der Waals surface area contributed by atoms with Crippen molar-refractivity contribution in [1.29, 1.82) is 0 Å². The van der Waals surface area contributed by atoms with E-state index in [0.29, 0.717) is 6.54 Å². The zero-order chi connectivity index (χ0) is 14.4. The second-order valence-corrected chi connectivity index (χ2v) is 6.83. The molecule has 4 heteroatoms. The van der Waals surface area contributed by atoms with Crippen LogP contribution < -0.4 is 11.1 Å². The molecule has 4 nitrogen and oxygen atoms in total. The van der Waals surface area contributed by atoms with E-state index in [1.54, 1.807) is 0 Å². The molecule has 20 heavy (non-hydrogen) atoms. The van der Waals surface area contributed by atoms with E-state index in [2.05, 4.69) is 17.1 Å². The maximum atomic E-state index is 12.4. The van der Waals surface area contributed by atoms with Crippen molar-refractivity contribution in [2.75, 3.05) is 32.7 Å². The van der Waals surface area contributed by atoms with Gasteiger partial charge in [-0.15, -0.1) is 0 Å². The average Bonchev–Trinajstić information content (AvgIpc) is 2.50. The molecule has 2 fully saturated rings. The van der Waals surface area contributed by atoms with Crippen LogP contribution in [0, 0.1) is 11.3 Å². The molecular weight excluding hydrogens is 250 g/mol. The molecule has 0 aromatic carbocycles. The summed E-state index contributed by atoms with van der Waals surface area (Å²) in [5.41, 5.74) is 5.63. The molecule has 0 bridgehead atoms. The molecule has 2 rings (SSSR count). The van der Waals surface area contributed by atoms with Crippen molar-refractivity contribution in [3.63, 3.8) is 0 Å². The van der Waals surface area contributed by atoms with Crippen molar-refractivity contribution in [3.8, 4) is 0 Å². The highest BCUT2D eigenvalue weighted by molar-refractivity contribution is 5.83. The van der Waals surface area contributed by atoms with Gasteiger partial charge in [0.15, 0.2) is 0 Å². The van der Waals surface area contributed by atoms with Gasteiger partial charge in [-0.05, 0) is 44.7 Å². The number of hydrogen-bond acceptors (Lipinski definition) is 3. The maximum Gasteiger partial charge on any atom is 0.227 e. The molecule has 1 heterocycles. The fraction of sp³-hybridized carbons (Fsp3) is 0.938. The molecule has 2 aliphatic rings. The van der Waals surface area contributed by atoms with Crippen LogP contribution in [0.15, 0.2) is 0 Å². The number of hydrogen-bond donors (Lipinski definition) is 2. The molecular formula is C16H31N3O. The van der Waals surface area contributed by atoms with E-state index < -0.39 is 0 Å². The Morgan fingerprint density at radius 1 is 1.25 bits per heavy atom. The third-order valence-electron chi connectivity index (χ3n) is 5.27. The first-order valence-electron chi connectivity index (χ1n) is 8.37. The van der Waals surface area contributed by atoms with Gasteiger partial charge in [-0.1, -0.05) is 26.2 Å². The molecule has 0 aromatic rings. The van der Waals surface area contributed by atoms with Crippen molar-refractivity contribution in [3.05, 3.63) is 0 Å². The summed E-state index contributed by atoms with van der Waals surface area (Å²) in [5, 5.41) is 3.14. The number of carbonyl (C=O) groups excluding carboxylic acids is 1. The Kier molecular flexibility index (Phi) is 5.85. The predicted octanol–water partition coefficient (Wildman–Crippen LogP) is 1.74. The van der Waals surface area contributed by atoms with Crippen LogP contribution in [-0.4, -0.2) is 43.5 Å². The van der Waals surface area contributed by atoms with Gasteiger partial charge in [0.2, 0.25) is 5.91 Å². The van der Waals surface area contributed by atoms with Gasteiger partial charge in [-0.25, -0.2) is 0 Å². The standard InChI is InChI=1S/C16H31N3O/c1-14-5-10-19(11-6-14)12-9-18-15(20)16(13-17)7-3-2-4-8-16/h14H,2-13,17H2,1H3,(H,18,20). The van der Waals surface area contributed by atoms with Gasteiger partial charge in [-0.2, -0.15) is 0 Å². The van der Waals surface area contributed by atoms with E-state index in [4.69, 9.17) is 5.73 Å². The molecule has 1 amide bonds. The van der Waals surface area contributed by atoms with Crippen LogP contribution in [0.25, 0.3) is 0 Å². The van der Waals surface area contributed by atoms with Gasteiger partial charge in [0.05, 0.1) is 5.41 Å². The summed E-state index contributed by atoms with van der Waals surface area (Å²) >= 11 is 0. The number of nitrogens with two attached hydrogens (primary N) is 1. The van der Waals surface area contributed by atoms with Crippen molar-refractivity contribution in [2.45, 2.75) is 51.9 Å². The third-order valence-corrected chi connectivity index (χ3v) is 5.27. The number of nitrogens with zero attached hydrogens (tertiary/aromatic N) is 1. The Morgan fingerprint density at radius 3 is 2.50 bits per heavy atom. The summed E-state index contributed by atoms with van der Waals surface area (Å²) in [6.45, 7) is 6.94. The van der Waals surface area contributed by atoms with Crippen LogP contribution in [0.1, 0.15) is 51.9 Å². The SMILES string of the molecule is CC1CCN(CCNC(=O)C2(CN)CCCCC2)CC1. The molecule has 1 aliphatic carbocycles. The van der Waals surface area contributed by atoms with Crippen LogP contribution in [0.4, 0.5) is 0 Å². The van der Waals surface area contributed by atoms with Crippen molar-refractivity contribution in [2.24, 2.45) is 17.1 Å². The van der Waals surface area contributed by atoms with Crippen LogP contribution in [0.3, 0.4) is 0 Å². The zero-order valence-corrected chi connectivity index (χ0v) is 13.0. The highest BCUT2D eigenvalue weighted by atomic mass is 16.2. The molecule has 3 N–H and O–H groups in total. The lowest BCUT2D eigenvalue weighted by Gasteiger charge is -2.35. The quantitative estimate of drug-likeness (QED) is 0.807. The maximum absolute atomic E-state index is 12.4. The van der Waals surface area contributed by atoms with Gasteiger partial charge in [0.25, 0.3) is 0 Å². The van der Waals surface area contributed by atoms with E-state index in [9.17, 15) is 4.79 Å². The van der Waals surface area contributed by atoms with Gasteiger partial charge in [0, 0.05) is 19.6 Å². The minimum atomic E-state index is -0.269. The molecule has 116 valence electrons. The van der Waals surface area contributed by atoms with Crippen molar-refractivity contribution < 1.29 is 4.79 Å². The number of likely N-dealkylation sites (tertiary alicyclic amines) is 1. The third kappa shape index (κ3) is 3.95. The second kappa shape index (κ2) is 7.41. The minimum absolute atomic E-state index is 0.199. The van der Waals surface area contributed by atoms with Gasteiger partial charge < -0.3 is 16.0 Å². The lowest BCUT2D eigenvalue weighted by Crippen LogP contribution is -2.49. The number of carbonyl (C=O) groups is 1. The molecule has 0 aromatic heterocycles. The van der Waals surface area contributed by atoms with E-state index in [1.807, 2.05) is 0 Å². The molecule has 1 saturated carbocycles. The summed E-state index contributed by atoms with van der Waals surface area (Å²) in [6, 6.07) is 0. The summed E-state index contributed by atoms with van der Waals surface area (Å²) in [7, 11) is 0. The van der Waals surface area contributed by atoms with Crippen LogP contribution in [0.5, 0.6) is 0 Å². The van der Waals surface area contributed by atoms with Gasteiger partial charge in [-0.3, -0.25) is 4.79 Å². The molecule has 1 saturated heterocycles. The monoisotopic (exact) mass is 281 g/mol. The first kappa shape index (κ1) is 15.8. The first-order valence-corrected chi connectivity index (χ1v) is 8.37. The summed E-state index contributed by atoms with van der Waals surface area (Å²) in [4.78, 5) is 14.9.